The lowest BCUT2D eigenvalue weighted by Gasteiger charge is -2.26. The monoisotopic (exact) mass is 257 g/mol. The first-order chi connectivity index (χ1) is 8.11. The number of nitriles is 1. The van der Waals surface area contributed by atoms with Crippen LogP contribution in [-0.4, -0.2) is 43.4 Å². The fraction of sp³-hybridized carbons (Fsp3) is 0.833. The van der Waals surface area contributed by atoms with E-state index in [1.807, 2.05) is 0 Å². The summed E-state index contributed by atoms with van der Waals surface area (Å²) in [5, 5.41) is 12.6. The van der Waals surface area contributed by atoms with Crippen molar-refractivity contribution in [3.63, 3.8) is 0 Å². The van der Waals surface area contributed by atoms with Crippen molar-refractivity contribution in [3.05, 3.63) is 0 Å². The molecule has 0 heterocycles. The number of hydrogen-bond donors (Lipinski definition) is 1. The van der Waals surface area contributed by atoms with Crippen molar-refractivity contribution in [1.29, 1.82) is 5.26 Å². The molecule has 0 aromatic rings. The Bertz CT molecular complexity index is 251. The third-order valence-electron chi connectivity index (χ3n) is 2.17. The molecule has 1 N–H and O–H groups in total. The highest BCUT2D eigenvalue weighted by atomic mass is 32.1. The van der Waals surface area contributed by atoms with Crippen molar-refractivity contribution in [2.75, 3.05) is 33.4 Å². The van der Waals surface area contributed by atoms with Gasteiger partial charge in [0.2, 0.25) is 0 Å². The molecule has 4 nitrogen and oxygen atoms in total. The molecule has 0 aromatic heterocycles. The Labute approximate surface area is 110 Å². The summed E-state index contributed by atoms with van der Waals surface area (Å²) < 4.78 is 4.97. The topological polar surface area (TPSA) is 48.3 Å². The molecule has 0 saturated carbocycles. The lowest BCUT2D eigenvalue weighted by molar-refractivity contribution is 0.195. The van der Waals surface area contributed by atoms with Crippen LogP contribution in [0.5, 0.6) is 0 Å². The van der Waals surface area contributed by atoms with E-state index in [1.54, 1.807) is 7.11 Å². The number of rotatable bonds is 8. The highest BCUT2D eigenvalue weighted by Gasteiger charge is 2.10. The highest BCUT2D eigenvalue weighted by molar-refractivity contribution is 7.80. The van der Waals surface area contributed by atoms with E-state index in [-0.39, 0.29) is 0 Å². The number of hydrogen-bond acceptors (Lipinski definition) is 3. The van der Waals surface area contributed by atoms with Gasteiger partial charge in [-0.05, 0) is 24.6 Å². The van der Waals surface area contributed by atoms with Crippen LogP contribution in [0.25, 0.3) is 0 Å². The van der Waals surface area contributed by atoms with Crippen LogP contribution in [-0.2, 0) is 4.74 Å². The van der Waals surface area contributed by atoms with Gasteiger partial charge in [-0.25, -0.2) is 0 Å². The summed E-state index contributed by atoms with van der Waals surface area (Å²) in [4.78, 5) is 2.07. The van der Waals surface area contributed by atoms with Crippen LogP contribution in [0.1, 0.15) is 26.7 Å². The molecule has 98 valence electrons. The molecule has 0 aliphatic carbocycles. The molecule has 0 aliphatic heterocycles. The van der Waals surface area contributed by atoms with Gasteiger partial charge in [0.05, 0.1) is 12.5 Å². The average molecular weight is 257 g/mol. The Morgan fingerprint density at radius 3 is 2.76 bits per heavy atom. The molecule has 0 aromatic carbocycles. The van der Waals surface area contributed by atoms with Crippen LogP contribution in [0.2, 0.25) is 0 Å². The zero-order valence-corrected chi connectivity index (χ0v) is 11.8. The summed E-state index contributed by atoms with van der Waals surface area (Å²) in [6, 6.07) is 2.15. The number of methoxy groups -OCH3 is 1. The minimum Gasteiger partial charge on any atom is -0.385 e. The van der Waals surface area contributed by atoms with Gasteiger partial charge in [-0.3, -0.25) is 0 Å². The first-order valence-electron chi connectivity index (χ1n) is 6.00. The smallest absolute Gasteiger partial charge is 0.168 e. The van der Waals surface area contributed by atoms with Crippen LogP contribution in [0.15, 0.2) is 0 Å². The Morgan fingerprint density at radius 2 is 2.24 bits per heavy atom. The summed E-state index contributed by atoms with van der Waals surface area (Å²) in [6.07, 6.45) is 1.44. The van der Waals surface area contributed by atoms with Gasteiger partial charge in [-0.2, -0.15) is 5.26 Å². The molecule has 0 fully saturated rings. The molecule has 0 bridgehead atoms. The van der Waals surface area contributed by atoms with Crippen molar-refractivity contribution in [1.82, 2.24) is 10.2 Å². The standard InChI is InChI=1S/C12H23N3OS/c1-11(2)10-15(8-4-6-13)12(17)14-7-5-9-16-3/h11H,4-5,7-10H2,1-3H3,(H,14,17). The maximum Gasteiger partial charge on any atom is 0.168 e. The zero-order chi connectivity index (χ0) is 13.1. The lowest BCUT2D eigenvalue weighted by Crippen LogP contribution is -2.42. The van der Waals surface area contributed by atoms with Gasteiger partial charge in [0.15, 0.2) is 5.11 Å². The third kappa shape index (κ3) is 8.90. The van der Waals surface area contributed by atoms with Gasteiger partial charge in [-0.1, -0.05) is 13.8 Å². The first kappa shape index (κ1) is 16.1. The second-order valence-corrected chi connectivity index (χ2v) is 4.71. The van der Waals surface area contributed by atoms with Crippen LogP contribution in [0.4, 0.5) is 0 Å². The third-order valence-corrected chi connectivity index (χ3v) is 2.57. The number of ether oxygens (including phenoxy) is 1. The largest absolute Gasteiger partial charge is 0.385 e. The van der Waals surface area contributed by atoms with E-state index in [4.69, 9.17) is 22.2 Å². The van der Waals surface area contributed by atoms with Crippen molar-refractivity contribution in [2.24, 2.45) is 5.92 Å². The van der Waals surface area contributed by atoms with E-state index in [0.717, 1.165) is 31.2 Å². The molecule has 0 atom stereocenters. The Kier molecular flexibility index (Phi) is 9.78. The van der Waals surface area contributed by atoms with Crippen LogP contribution < -0.4 is 5.32 Å². The average Bonchev–Trinajstić information content (AvgIpc) is 2.29. The van der Waals surface area contributed by atoms with Gasteiger partial charge >= 0.3 is 0 Å². The molecule has 0 rings (SSSR count). The van der Waals surface area contributed by atoms with E-state index in [1.165, 1.54) is 0 Å². The summed E-state index contributed by atoms with van der Waals surface area (Å²) >= 11 is 5.32. The molecule has 0 saturated heterocycles. The van der Waals surface area contributed by atoms with E-state index in [2.05, 4.69) is 30.1 Å². The van der Waals surface area contributed by atoms with Crippen molar-refractivity contribution in [3.8, 4) is 6.07 Å². The molecule has 0 unspecified atom stereocenters. The van der Waals surface area contributed by atoms with Crippen molar-refractivity contribution in [2.45, 2.75) is 26.7 Å². The van der Waals surface area contributed by atoms with Crippen LogP contribution in [0.3, 0.4) is 0 Å². The van der Waals surface area contributed by atoms with E-state index in [0.29, 0.717) is 18.9 Å². The van der Waals surface area contributed by atoms with E-state index in [9.17, 15) is 0 Å². The van der Waals surface area contributed by atoms with Gasteiger partial charge < -0.3 is 15.0 Å². The van der Waals surface area contributed by atoms with Gasteiger partial charge in [0.1, 0.15) is 0 Å². The predicted octanol–water partition coefficient (Wildman–Crippen LogP) is 1.77. The first-order valence-corrected chi connectivity index (χ1v) is 6.41. The minimum absolute atomic E-state index is 0.507. The fourth-order valence-electron chi connectivity index (χ4n) is 1.43. The summed E-state index contributed by atoms with van der Waals surface area (Å²) in [6.45, 7) is 7.42. The minimum atomic E-state index is 0.507. The Morgan fingerprint density at radius 1 is 1.53 bits per heavy atom. The predicted molar refractivity (Wildman–Crippen MR) is 73.7 cm³/mol. The van der Waals surface area contributed by atoms with Gasteiger partial charge in [0.25, 0.3) is 0 Å². The molecular formula is C12H23N3OS. The quantitative estimate of drug-likeness (QED) is 0.530. The Balaban J connectivity index is 3.99. The molecule has 0 spiro atoms. The van der Waals surface area contributed by atoms with E-state index >= 15 is 0 Å². The number of nitrogens with one attached hydrogen (secondary N) is 1. The Hall–Kier alpha value is -0.860. The maximum atomic E-state index is 8.62. The molecule has 0 radical (unpaired) electrons. The molecule has 5 heteroatoms. The summed E-state index contributed by atoms with van der Waals surface area (Å²) in [5.41, 5.74) is 0. The van der Waals surface area contributed by atoms with Crippen LogP contribution in [0, 0.1) is 17.2 Å². The fourth-order valence-corrected chi connectivity index (χ4v) is 1.69. The number of thiocarbonyl (C=S) groups is 1. The highest BCUT2D eigenvalue weighted by Crippen LogP contribution is 2.00. The summed E-state index contributed by atoms with van der Waals surface area (Å²) in [7, 11) is 1.69. The zero-order valence-electron chi connectivity index (χ0n) is 11.0. The molecule has 0 aliphatic rings. The number of nitrogens with zero attached hydrogens (tertiary/aromatic N) is 2. The summed E-state index contributed by atoms with van der Waals surface area (Å²) in [5.74, 6) is 0.535. The maximum absolute atomic E-state index is 8.62. The van der Waals surface area contributed by atoms with Gasteiger partial charge in [-0.15, -0.1) is 0 Å². The second kappa shape index (κ2) is 10.3. The SMILES string of the molecule is COCCCNC(=S)N(CCC#N)CC(C)C. The van der Waals surface area contributed by atoms with Crippen molar-refractivity contribution < 1.29 is 4.74 Å². The molecule has 17 heavy (non-hydrogen) atoms. The molecule has 0 amide bonds. The van der Waals surface area contributed by atoms with Gasteiger partial charge in [0, 0.05) is 33.4 Å². The normalized spacial score (nSPS) is 10.1. The van der Waals surface area contributed by atoms with Crippen molar-refractivity contribution >= 4 is 17.3 Å². The van der Waals surface area contributed by atoms with Crippen LogP contribution >= 0.6 is 12.2 Å². The lowest BCUT2D eigenvalue weighted by atomic mass is 10.2. The second-order valence-electron chi connectivity index (χ2n) is 4.33. The van der Waals surface area contributed by atoms with E-state index < -0.39 is 0 Å². The molecular weight excluding hydrogens is 234 g/mol.